The normalized spacial score (nSPS) is 10.3. The second-order valence-corrected chi connectivity index (χ2v) is 4.60. The van der Waals surface area contributed by atoms with Crippen LogP contribution in [0.3, 0.4) is 0 Å². The molecule has 1 aromatic carbocycles. The number of nitrogen functional groups attached to an aromatic ring is 1. The van der Waals surface area contributed by atoms with Crippen molar-refractivity contribution in [3.63, 3.8) is 0 Å². The van der Waals surface area contributed by atoms with Gasteiger partial charge in [0.1, 0.15) is 0 Å². The van der Waals surface area contributed by atoms with Crippen LogP contribution in [-0.2, 0) is 15.9 Å². The van der Waals surface area contributed by atoms with Crippen LogP contribution in [0.25, 0.3) is 0 Å². The standard InChI is InChI=1S/C16H25N3O2/c1-3-20-11-9-19(10-12-21-4-2)15-5-6-16(18)14(13-15)7-8-17/h5-6,13H,3-4,7,9-12,18H2,1-2H3. The molecule has 1 aromatic rings. The van der Waals surface area contributed by atoms with E-state index in [-0.39, 0.29) is 0 Å². The fraction of sp³-hybridized carbons (Fsp3) is 0.562. The number of hydrogen-bond donors (Lipinski definition) is 1. The number of anilines is 2. The SMILES string of the molecule is CCOCCN(CCOCC)c1ccc(N)c(CC#N)c1. The molecule has 0 amide bonds. The second kappa shape index (κ2) is 10.0. The maximum absolute atomic E-state index is 8.86. The maximum Gasteiger partial charge on any atom is 0.0670 e. The Kier molecular flexibility index (Phi) is 8.25. The molecule has 0 aromatic heterocycles. The van der Waals surface area contributed by atoms with Gasteiger partial charge in [-0.1, -0.05) is 0 Å². The van der Waals surface area contributed by atoms with Gasteiger partial charge in [-0.2, -0.15) is 5.26 Å². The molecule has 1 rings (SSSR count). The van der Waals surface area contributed by atoms with Crippen LogP contribution in [0.1, 0.15) is 19.4 Å². The summed E-state index contributed by atoms with van der Waals surface area (Å²) in [5, 5.41) is 8.86. The quantitative estimate of drug-likeness (QED) is 0.528. The van der Waals surface area contributed by atoms with Crippen molar-refractivity contribution in [3.8, 4) is 6.07 Å². The molecule has 116 valence electrons. The molecule has 0 aliphatic carbocycles. The highest BCUT2D eigenvalue weighted by atomic mass is 16.5. The Bertz CT molecular complexity index is 447. The van der Waals surface area contributed by atoms with Crippen molar-refractivity contribution in [2.24, 2.45) is 0 Å². The molecule has 0 saturated carbocycles. The number of nitrogens with two attached hydrogens (primary N) is 1. The van der Waals surface area contributed by atoms with Crippen LogP contribution in [0.2, 0.25) is 0 Å². The first-order valence-corrected chi connectivity index (χ1v) is 7.38. The van der Waals surface area contributed by atoms with Crippen molar-refractivity contribution >= 4 is 11.4 Å². The topological polar surface area (TPSA) is 71.5 Å². The van der Waals surface area contributed by atoms with Gasteiger partial charge in [-0.15, -0.1) is 0 Å². The molecule has 0 radical (unpaired) electrons. The van der Waals surface area contributed by atoms with E-state index >= 15 is 0 Å². The van der Waals surface area contributed by atoms with E-state index in [2.05, 4.69) is 11.0 Å². The molecule has 21 heavy (non-hydrogen) atoms. The predicted octanol–water partition coefficient (Wildman–Crippen LogP) is 2.21. The van der Waals surface area contributed by atoms with Crippen LogP contribution in [0.15, 0.2) is 18.2 Å². The van der Waals surface area contributed by atoms with E-state index in [0.29, 0.717) is 38.5 Å². The number of benzene rings is 1. The average Bonchev–Trinajstić information content (AvgIpc) is 2.49. The van der Waals surface area contributed by atoms with E-state index < -0.39 is 0 Å². The first-order valence-electron chi connectivity index (χ1n) is 7.38. The zero-order valence-electron chi connectivity index (χ0n) is 13.0. The zero-order valence-corrected chi connectivity index (χ0v) is 13.0. The molecule has 0 saturated heterocycles. The molecule has 5 heteroatoms. The van der Waals surface area contributed by atoms with Gasteiger partial charge < -0.3 is 20.1 Å². The zero-order chi connectivity index (χ0) is 15.5. The highest BCUT2D eigenvalue weighted by molar-refractivity contribution is 5.59. The van der Waals surface area contributed by atoms with Crippen molar-refractivity contribution in [1.82, 2.24) is 0 Å². The van der Waals surface area contributed by atoms with Gasteiger partial charge in [0.2, 0.25) is 0 Å². The molecule has 0 aliphatic heterocycles. The molecular weight excluding hydrogens is 266 g/mol. The van der Waals surface area contributed by atoms with E-state index in [1.807, 2.05) is 32.0 Å². The summed E-state index contributed by atoms with van der Waals surface area (Å²) in [6.07, 6.45) is 0.324. The minimum atomic E-state index is 0.324. The van der Waals surface area contributed by atoms with Gasteiger partial charge in [0, 0.05) is 37.7 Å². The van der Waals surface area contributed by atoms with Gasteiger partial charge in [0.15, 0.2) is 0 Å². The third-order valence-electron chi connectivity index (χ3n) is 3.18. The number of nitriles is 1. The summed E-state index contributed by atoms with van der Waals surface area (Å²) in [7, 11) is 0. The summed E-state index contributed by atoms with van der Waals surface area (Å²) in [4.78, 5) is 2.20. The molecular formula is C16H25N3O2. The van der Waals surface area contributed by atoms with Gasteiger partial charge in [-0.3, -0.25) is 0 Å². The van der Waals surface area contributed by atoms with Crippen LogP contribution in [0, 0.1) is 11.3 Å². The molecule has 0 unspecified atom stereocenters. The molecule has 0 fully saturated rings. The van der Waals surface area contributed by atoms with Crippen molar-refractivity contribution in [3.05, 3.63) is 23.8 Å². The summed E-state index contributed by atoms with van der Waals surface area (Å²) in [5.74, 6) is 0. The minimum Gasteiger partial charge on any atom is -0.398 e. The Morgan fingerprint density at radius 3 is 2.29 bits per heavy atom. The number of hydrogen-bond acceptors (Lipinski definition) is 5. The summed E-state index contributed by atoms with van der Waals surface area (Å²) < 4.78 is 10.9. The molecule has 2 N–H and O–H groups in total. The lowest BCUT2D eigenvalue weighted by Crippen LogP contribution is -2.31. The Morgan fingerprint density at radius 2 is 1.76 bits per heavy atom. The van der Waals surface area contributed by atoms with Gasteiger partial charge in [0.25, 0.3) is 0 Å². The molecule has 0 heterocycles. The predicted molar refractivity (Wildman–Crippen MR) is 85.4 cm³/mol. The van der Waals surface area contributed by atoms with Crippen molar-refractivity contribution in [2.45, 2.75) is 20.3 Å². The van der Waals surface area contributed by atoms with Crippen LogP contribution in [0.5, 0.6) is 0 Å². The monoisotopic (exact) mass is 291 g/mol. The second-order valence-electron chi connectivity index (χ2n) is 4.60. The first kappa shape index (κ1) is 17.3. The Hall–Kier alpha value is -1.77. The highest BCUT2D eigenvalue weighted by Gasteiger charge is 2.09. The summed E-state index contributed by atoms with van der Waals surface area (Å²) in [6, 6.07) is 7.97. The van der Waals surface area contributed by atoms with E-state index in [0.717, 1.165) is 24.3 Å². The van der Waals surface area contributed by atoms with E-state index in [4.69, 9.17) is 20.5 Å². The average molecular weight is 291 g/mol. The first-order chi connectivity index (χ1) is 10.2. The molecule has 0 bridgehead atoms. The third kappa shape index (κ3) is 6.03. The smallest absolute Gasteiger partial charge is 0.0670 e. The van der Waals surface area contributed by atoms with Gasteiger partial charge in [0.05, 0.1) is 25.7 Å². The Balaban J connectivity index is 2.79. The van der Waals surface area contributed by atoms with Crippen LogP contribution in [0.4, 0.5) is 11.4 Å². The van der Waals surface area contributed by atoms with Gasteiger partial charge in [-0.25, -0.2) is 0 Å². The maximum atomic E-state index is 8.86. The van der Waals surface area contributed by atoms with Crippen LogP contribution < -0.4 is 10.6 Å². The fourth-order valence-electron chi connectivity index (χ4n) is 2.04. The fourth-order valence-corrected chi connectivity index (χ4v) is 2.04. The lowest BCUT2D eigenvalue weighted by atomic mass is 10.1. The summed E-state index contributed by atoms with van der Waals surface area (Å²) >= 11 is 0. The molecule has 0 spiro atoms. The van der Waals surface area contributed by atoms with Crippen LogP contribution in [-0.4, -0.2) is 39.5 Å². The molecule has 5 nitrogen and oxygen atoms in total. The highest BCUT2D eigenvalue weighted by Crippen LogP contribution is 2.21. The number of nitrogens with zero attached hydrogens (tertiary/aromatic N) is 2. The van der Waals surface area contributed by atoms with Crippen molar-refractivity contribution in [1.29, 1.82) is 5.26 Å². The minimum absolute atomic E-state index is 0.324. The lowest BCUT2D eigenvalue weighted by molar-refractivity contribution is 0.141. The van der Waals surface area contributed by atoms with E-state index in [1.54, 1.807) is 0 Å². The van der Waals surface area contributed by atoms with Crippen molar-refractivity contribution in [2.75, 3.05) is 50.2 Å². The molecule has 0 atom stereocenters. The van der Waals surface area contributed by atoms with Gasteiger partial charge in [-0.05, 0) is 37.6 Å². The van der Waals surface area contributed by atoms with Gasteiger partial charge >= 0.3 is 0 Å². The van der Waals surface area contributed by atoms with E-state index in [9.17, 15) is 0 Å². The van der Waals surface area contributed by atoms with Crippen molar-refractivity contribution < 1.29 is 9.47 Å². The summed E-state index contributed by atoms with van der Waals surface area (Å²) in [5.41, 5.74) is 8.48. The number of ether oxygens (including phenoxy) is 2. The number of rotatable bonds is 10. The Morgan fingerprint density at radius 1 is 1.14 bits per heavy atom. The Labute approximate surface area is 127 Å². The third-order valence-corrected chi connectivity index (χ3v) is 3.18. The van der Waals surface area contributed by atoms with E-state index in [1.165, 1.54) is 0 Å². The largest absolute Gasteiger partial charge is 0.398 e. The lowest BCUT2D eigenvalue weighted by Gasteiger charge is -2.25. The molecule has 0 aliphatic rings. The summed E-state index contributed by atoms with van der Waals surface area (Å²) in [6.45, 7) is 8.30. The van der Waals surface area contributed by atoms with Crippen LogP contribution >= 0.6 is 0 Å².